The van der Waals surface area contributed by atoms with Crippen LogP contribution in [0.4, 0.5) is 4.39 Å². The third kappa shape index (κ3) is 3.35. The zero-order chi connectivity index (χ0) is 13.8. The molecule has 0 aliphatic heterocycles. The first kappa shape index (κ1) is 13.6. The zero-order valence-corrected chi connectivity index (χ0v) is 11.4. The molecule has 0 bridgehead atoms. The summed E-state index contributed by atoms with van der Waals surface area (Å²) in [5.74, 6) is 1.48. The van der Waals surface area contributed by atoms with Crippen LogP contribution in [0.2, 0.25) is 0 Å². The van der Waals surface area contributed by atoms with Crippen molar-refractivity contribution in [2.75, 3.05) is 7.05 Å². The van der Waals surface area contributed by atoms with Crippen LogP contribution in [0.1, 0.15) is 22.6 Å². The van der Waals surface area contributed by atoms with Crippen LogP contribution >= 0.6 is 0 Å². The Bertz CT molecular complexity index is 563. The maximum Gasteiger partial charge on any atom is 0.165 e. The van der Waals surface area contributed by atoms with Gasteiger partial charge in [0, 0.05) is 0 Å². The van der Waals surface area contributed by atoms with E-state index >= 15 is 0 Å². The van der Waals surface area contributed by atoms with Gasteiger partial charge in [-0.25, -0.2) is 4.39 Å². The van der Waals surface area contributed by atoms with Gasteiger partial charge in [-0.05, 0) is 50.2 Å². The third-order valence-electron chi connectivity index (χ3n) is 2.87. The maximum atomic E-state index is 13.5. The van der Waals surface area contributed by atoms with Gasteiger partial charge in [-0.15, -0.1) is 0 Å². The summed E-state index contributed by atoms with van der Waals surface area (Å²) in [4.78, 5) is 0. The van der Waals surface area contributed by atoms with E-state index in [1.807, 2.05) is 27.0 Å². The van der Waals surface area contributed by atoms with Crippen LogP contribution in [0.25, 0.3) is 0 Å². The second-order valence-electron chi connectivity index (χ2n) is 4.57. The number of ether oxygens (including phenoxy) is 1. The van der Waals surface area contributed by atoms with E-state index in [0.717, 1.165) is 16.9 Å². The van der Waals surface area contributed by atoms with Gasteiger partial charge in [0.05, 0.1) is 6.54 Å². The molecule has 0 saturated heterocycles. The van der Waals surface area contributed by atoms with E-state index in [1.165, 1.54) is 6.07 Å². The lowest BCUT2D eigenvalue weighted by molar-refractivity contribution is 0.254. The molecule has 102 valence electrons. The van der Waals surface area contributed by atoms with Crippen molar-refractivity contribution in [1.29, 1.82) is 0 Å². The normalized spacial score (nSPS) is 10.7. The van der Waals surface area contributed by atoms with Crippen LogP contribution in [0.15, 0.2) is 28.7 Å². The first-order chi connectivity index (χ1) is 9.10. The van der Waals surface area contributed by atoms with E-state index in [0.29, 0.717) is 12.3 Å². The van der Waals surface area contributed by atoms with Gasteiger partial charge in [0.1, 0.15) is 18.1 Å². The Balaban J connectivity index is 2.06. The molecular weight excluding hydrogens is 245 g/mol. The highest BCUT2D eigenvalue weighted by Gasteiger charge is 2.09. The maximum absolute atomic E-state index is 13.5. The highest BCUT2D eigenvalue weighted by molar-refractivity contribution is 5.29. The van der Waals surface area contributed by atoms with Crippen molar-refractivity contribution in [3.63, 3.8) is 0 Å². The van der Waals surface area contributed by atoms with Crippen molar-refractivity contribution in [2.45, 2.75) is 27.0 Å². The fourth-order valence-corrected chi connectivity index (χ4v) is 1.87. The van der Waals surface area contributed by atoms with Crippen LogP contribution in [0.5, 0.6) is 5.75 Å². The Morgan fingerprint density at radius 3 is 2.79 bits per heavy atom. The number of nitrogens with one attached hydrogen (secondary N) is 1. The summed E-state index contributed by atoms with van der Waals surface area (Å²) in [5.41, 5.74) is 2.03. The molecule has 1 aromatic heterocycles. The Kier molecular flexibility index (Phi) is 4.22. The predicted octanol–water partition coefficient (Wildman–Crippen LogP) is 3.33. The van der Waals surface area contributed by atoms with Crippen molar-refractivity contribution in [1.82, 2.24) is 5.32 Å². The lowest BCUT2D eigenvalue weighted by atomic mass is 10.2. The molecule has 2 aromatic rings. The number of benzene rings is 1. The molecule has 0 amide bonds. The summed E-state index contributed by atoms with van der Waals surface area (Å²) in [6, 6.07) is 6.72. The van der Waals surface area contributed by atoms with Gasteiger partial charge in [0.25, 0.3) is 0 Å². The van der Waals surface area contributed by atoms with Gasteiger partial charge in [-0.2, -0.15) is 0 Å². The lowest BCUT2D eigenvalue weighted by Gasteiger charge is -2.06. The first-order valence-electron chi connectivity index (χ1n) is 6.22. The number of hydrogen-bond donors (Lipinski definition) is 1. The standard InChI is InChI=1S/C15H18FNO2/c1-10-4-5-13(16)14(6-10)18-9-12-7-11(2)15(19-12)8-17-3/h4-7,17H,8-9H2,1-3H3. The van der Waals surface area contributed by atoms with Gasteiger partial charge in [-0.3, -0.25) is 0 Å². The molecule has 0 aliphatic carbocycles. The predicted molar refractivity (Wildman–Crippen MR) is 71.7 cm³/mol. The van der Waals surface area contributed by atoms with Crippen molar-refractivity contribution in [2.24, 2.45) is 0 Å². The molecule has 0 fully saturated rings. The molecular formula is C15H18FNO2. The summed E-state index contributed by atoms with van der Waals surface area (Å²) in [6.45, 7) is 4.77. The largest absolute Gasteiger partial charge is 0.483 e. The lowest BCUT2D eigenvalue weighted by Crippen LogP contribution is -2.04. The molecule has 0 aliphatic rings. The number of hydrogen-bond acceptors (Lipinski definition) is 3. The number of aryl methyl sites for hydroxylation is 2. The van der Waals surface area contributed by atoms with E-state index in [9.17, 15) is 4.39 Å². The van der Waals surface area contributed by atoms with Crippen molar-refractivity contribution in [3.05, 3.63) is 52.7 Å². The second kappa shape index (κ2) is 5.89. The second-order valence-corrected chi connectivity index (χ2v) is 4.57. The molecule has 0 atom stereocenters. The Labute approximate surface area is 112 Å². The number of furan rings is 1. The average molecular weight is 263 g/mol. The van der Waals surface area contributed by atoms with Gasteiger partial charge >= 0.3 is 0 Å². The number of halogens is 1. The molecule has 1 aromatic carbocycles. The van der Waals surface area contributed by atoms with Crippen LogP contribution in [-0.2, 0) is 13.2 Å². The Morgan fingerprint density at radius 2 is 2.05 bits per heavy atom. The quantitative estimate of drug-likeness (QED) is 0.898. The van der Waals surface area contributed by atoms with E-state index in [1.54, 1.807) is 12.1 Å². The SMILES string of the molecule is CNCc1oc(COc2cc(C)ccc2F)cc1C. The summed E-state index contributed by atoms with van der Waals surface area (Å²) in [6.07, 6.45) is 0. The number of rotatable bonds is 5. The molecule has 0 saturated carbocycles. The van der Waals surface area contributed by atoms with Crippen LogP contribution in [0.3, 0.4) is 0 Å². The Hall–Kier alpha value is -1.81. The van der Waals surface area contributed by atoms with Crippen molar-refractivity contribution in [3.8, 4) is 5.75 Å². The molecule has 0 radical (unpaired) electrons. The van der Waals surface area contributed by atoms with Crippen molar-refractivity contribution >= 4 is 0 Å². The van der Waals surface area contributed by atoms with E-state index in [4.69, 9.17) is 9.15 Å². The highest BCUT2D eigenvalue weighted by atomic mass is 19.1. The van der Waals surface area contributed by atoms with E-state index in [2.05, 4.69) is 5.32 Å². The molecule has 0 unspecified atom stereocenters. The fourth-order valence-electron chi connectivity index (χ4n) is 1.87. The zero-order valence-electron chi connectivity index (χ0n) is 11.4. The molecule has 19 heavy (non-hydrogen) atoms. The van der Waals surface area contributed by atoms with Gasteiger partial charge < -0.3 is 14.5 Å². The minimum Gasteiger partial charge on any atom is -0.483 e. The summed E-state index contributed by atoms with van der Waals surface area (Å²) >= 11 is 0. The molecule has 3 nitrogen and oxygen atoms in total. The molecule has 1 N–H and O–H groups in total. The molecule has 1 heterocycles. The molecule has 0 spiro atoms. The molecule has 2 rings (SSSR count). The van der Waals surface area contributed by atoms with Crippen molar-refractivity contribution < 1.29 is 13.5 Å². The minimum atomic E-state index is -0.357. The van der Waals surface area contributed by atoms with Gasteiger partial charge in [0.15, 0.2) is 11.6 Å². The Morgan fingerprint density at radius 1 is 1.26 bits per heavy atom. The third-order valence-corrected chi connectivity index (χ3v) is 2.87. The minimum absolute atomic E-state index is 0.227. The van der Waals surface area contributed by atoms with Gasteiger partial charge in [0.2, 0.25) is 0 Å². The molecule has 4 heteroatoms. The topological polar surface area (TPSA) is 34.4 Å². The first-order valence-corrected chi connectivity index (χ1v) is 6.22. The smallest absolute Gasteiger partial charge is 0.165 e. The summed E-state index contributed by atoms with van der Waals surface area (Å²) in [7, 11) is 1.86. The van der Waals surface area contributed by atoms with Crippen LogP contribution in [0, 0.1) is 19.7 Å². The highest BCUT2D eigenvalue weighted by Crippen LogP contribution is 2.21. The van der Waals surface area contributed by atoms with E-state index in [-0.39, 0.29) is 18.2 Å². The summed E-state index contributed by atoms with van der Waals surface area (Å²) in [5, 5.41) is 3.03. The average Bonchev–Trinajstić information content (AvgIpc) is 2.72. The summed E-state index contributed by atoms with van der Waals surface area (Å²) < 4.78 is 24.6. The fraction of sp³-hybridized carbons (Fsp3) is 0.333. The van der Waals surface area contributed by atoms with Crippen LogP contribution < -0.4 is 10.1 Å². The van der Waals surface area contributed by atoms with Gasteiger partial charge in [-0.1, -0.05) is 6.07 Å². The van der Waals surface area contributed by atoms with Crippen LogP contribution in [-0.4, -0.2) is 7.05 Å². The monoisotopic (exact) mass is 263 g/mol. The van der Waals surface area contributed by atoms with E-state index < -0.39 is 0 Å².